The number of nitrogen functional groups attached to an aromatic ring is 1. The molecule has 0 aliphatic heterocycles. The average molecular weight is 243 g/mol. The van der Waals surface area contributed by atoms with Crippen LogP contribution in [-0.4, -0.2) is 18.1 Å². The summed E-state index contributed by atoms with van der Waals surface area (Å²) in [5, 5.41) is 0. The Morgan fingerprint density at radius 1 is 1.44 bits per heavy atom. The second-order valence-electron chi connectivity index (χ2n) is 3.54. The summed E-state index contributed by atoms with van der Waals surface area (Å²) in [7, 11) is 0. The summed E-state index contributed by atoms with van der Waals surface area (Å²) in [5.74, 6) is 2.07. The molecule has 2 nitrogen and oxygen atoms in total. The van der Waals surface area contributed by atoms with Crippen molar-refractivity contribution in [1.82, 2.24) is 0 Å². The Hall–Kier alpha value is -0.900. The molecule has 0 bridgehead atoms. The summed E-state index contributed by atoms with van der Waals surface area (Å²) in [6, 6.07) is 2.96. The zero-order valence-corrected chi connectivity index (χ0v) is 10.6. The minimum Gasteiger partial charge on any atom is -0.490 e. The molecule has 0 unspecified atom stereocenters. The lowest BCUT2D eigenvalue weighted by Gasteiger charge is -2.09. The Kier molecular flexibility index (Phi) is 5.46. The van der Waals surface area contributed by atoms with Crippen LogP contribution in [0.5, 0.6) is 5.75 Å². The molecule has 0 atom stereocenters. The van der Waals surface area contributed by atoms with Crippen LogP contribution in [0.4, 0.5) is 10.1 Å². The third-order valence-corrected chi connectivity index (χ3v) is 3.20. The molecule has 1 aromatic rings. The first kappa shape index (κ1) is 13.2. The fourth-order valence-electron chi connectivity index (χ4n) is 1.27. The maximum Gasteiger partial charge on any atom is 0.167 e. The van der Waals surface area contributed by atoms with Gasteiger partial charge in [-0.15, -0.1) is 0 Å². The van der Waals surface area contributed by atoms with E-state index in [-0.39, 0.29) is 5.82 Å². The zero-order chi connectivity index (χ0) is 12.0. The van der Waals surface area contributed by atoms with Crippen molar-refractivity contribution in [3.63, 3.8) is 0 Å². The summed E-state index contributed by atoms with van der Waals surface area (Å²) in [5.41, 5.74) is 6.90. The first-order chi connectivity index (χ1) is 7.65. The number of rotatable bonds is 6. The van der Waals surface area contributed by atoms with Gasteiger partial charge < -0.3 is 10.5 Å². The molecule has 0 aliphatic carbocycles. The molecule has 0 heterocycles. The van der Waals surface area contributed by atoms with Crippen LogP contribution in [0, 0.1) is 12.7 Å². The molecule has 1 rings (SSSR count). The number of aryl methyl sites for hydroxylation is 1. The fourth-order valence-corrected chi connectivity index (χ4v) is 1.88. The lowest BCUT2D eigenvalue weighted by molar-refractivity contribution is 0.302. The molecule has 90 valence electrons. The Labute approximate surface area is 100 Å². The SMILES string of the molecule is CCSCCCOc1cc(C)c(N)cc1F. The molecule has 0 saturated heterocycles. The first-order valence-corrected chi connectivity index (χ1v) is 6.56. The molecule has 0 saturated carbocycles. The Bertz CT molecular complexity index is 344. The highest BCUT2D eigenvalue weighted by atomic mass is 32.2. The van der Waals surface area contributed by atoms with E-state index in [1.54, 1.807) is 6.07 Å². The van der Waals surface area contributed by atoms with E-state index in [4.69, 9.17) is 10.5 Å². The van der Waals surface area contributed by atoms with Crippen molar-refractivity contribution in [2.45, 2.75) is 20.3 Å². The van der Waals surface area contributed by atoms with Crippen molar-refractivity contribution in [2.75, 3.05) is 23.8 Å². The van der Waals surface area contributed by atoms with Crippen LogP contribution < -0.4 is 10.5 Å². The monoisotopic (exact) mass is 243 g/mol. The van der Waals surface area contributed by atoms with Crippen molar-refractivity contribution in [2.24, 2.45) is 0 Å². The van der Waals surface area contributed by atoms with Gasteiger partial charge in [0, 0.05) is 11.8 Å². The topological polar surface area (TPSA) is 35.2 Å². The van der Waals surface area contributed by atoms with Crippen LogP contribution in [-0.2, 0) is 0 Å². The molecule has 0 radical (unpaired) electrons. The molecule has 0 spiro atoms. The smallest absolute Gasteiger partial charge is 0.167 e. The molecule has 0 aliphatic rings. The molecule has 2 N–H and O–H groups in total. The molecular weight excluding hydrogens is 225 g/mol. The first-order valence-electron chi connectivity index (χ1n) is 5.41. The van der Waals surface area contributed by atoms with Crippen molar-refractivity contribution in [3.8, 4) is 5.75 Å². The predicted molar refractivity (Wildman–Crippen MR) is 68.7 cm³/mol. The normalized spacial score (nSPS) is 10.4. The number of ether oxygens (including phenoxy) is 1. The van der Waals surface area contributed by atoms with E-state index in [0.717, 1.165) is 23.5 Å². The molecule has 0 aromatic heterocycles. The summed E-state index contributed by atoms with van der Waals surface area (Å²) in [4.78, 5) is 0. The largest absolute Gasteiger partial charge is 0.490 e. The zero-order valence-electron chi connectivity index (χ0n) is 9.75. The third kappa shape index (κ3) is 3.93. The highest BCUT2D eigenvalue weighted by Gasteiger charge is 2.06. The lowest BCUT2D eigenvalue weighted by atomic mass is 10.2. The van der Waals surface area contributed by atoms with Crippen LogP contribution in [0.1, 0.15) is 18.9 Å². The molecule has 0 amide bonds. The second-order valence-corrected chi connectivity index (χ2v) is 4.93. The van der Waals surface area contributed by atoms with Gasteiger partial charge in [-0.2, -0.15) is 11.8 Å². The van der Waals surface area contributed by atoms with Crippen LogP contribution in [0.2, 0.25) is 0 Å². The summed E-state index contributed by atoms with van der Waals surface area (Å²) in [6.07, 6.45) is 0.932. The molecule has 0 fully saturated rings. The van der Waals surface area contributed by atoms with Crippen LogP contribution >= 0.6 is 11.8 Å². The summed E-state index contributed by atoms with van der Waals surface area (Å²) >= 11 is 1.86. The van der Waals surface area contributed by atoms with Gasteiger partial charge in [-0.3, -0.25) is 0 Å². The highest BCUT2D eigenvalue weighted by molar-refractivity contribution is 7.99. The number of benzene rings is 1. The number of nitrogens with two attached hydrogens (primary N) is 1. The predicted octanol–water partition coefficient (Wildman–Crippen LogP) is 3.24. The van der Waals surface area contributed by atoms with Gasteiger partial charge in [0.2, 0.25) is 0 Å². The maximum atomic E-state index is 13.4. The second kappa shape index (κ2) is 6.63. The van der Waals surface area contributed by atoms with Gasteiger partial charge in [-0.25, -0.2) is 4.39 Å². The van der Waals surface area contributed by atoms with Gasteiger partial charge in [0.1, 0.15) is 0 Å². The number of halogens is 1. The van der Waals surface area contributed by atoms with Crippen molar-refractivity contribution in [3.05, 3.63) is 23.5 Å². The van der Waals surface area contributed by atoms with E-state index >= 15 is 0 Å². The number of hydrogen-bond donors (Lipinski definition) is 1. The van der Waals surface area contributed by atoms with E-state index in [9.17, 15) is 4.39 Å². The van der Waals surface area contributed by atoms with Crippen LogP contribution in [0.25, 0.3) is 0 Å². The quantitative estimate of drug-likeness (QED) is 0.615. The Morgan fingerprint density at radius 3 is 2.88 bits per heavy atom. The van der Waals surface area contributed by atoms with Crippen molar-refractivity contribution in [1.29, 1.82) is 0 Å². The van der Waals surface area contributed by atoms with Crippen molar-refractivity contribution < 1.29 is 9.13 Å². The van der Waals surface area contributed by atoms with Gasteiger partial charge >= 0.3 is 0 Å². The van der Waals surface area contributed by atoms with E-state index in [2.05, 4.69) is 6.92 Å². The number of anilines is 1. The van der Waals surface area contributed by atoms with E-state index in [0.29, 0.717) is 18.0 Å². The van der Waals surface area contributed by atoms with Gasteiger partial charge in [0.05, 0.1) is 6.61 Å². The van der Waals surface area contributed by atoms with Gasteiger partial charge in [-0.05, 0) is 36.5 Å². The molecule has 1 aromatic carbocycles. The summed E-state index contributed by atoms with van der Waals surface area (Å²) < 4.78 is 18.8. The average Bonchev–Trinajstić information content (AvgIpc) is 2.25. The lowest BCUT2D eigenvalue weighted by Crippen LogP contribution is -2.02. The molecule has 16 heavy (non-hydrogen) atoms. The maximum absolute atomic E-state index is 13.4. The van der Waals surface area contributed by atoms with Gasteiger partial charge in [-0.1, -0.05) is 6.92 Å². The molecule has 4 heteroatoms. The van der Waals surface area contributed by atoms with E-state index in [1.165, 1.54) is 6.07 Å². The summed E-state index contributed by atoms with van der Waals surface area (Å²) in [6.45, 7) is 4.51. The minimum atomic E-state index is -0.383. The minimum absolute atomic E-state index is 0.299. The van der Waals surface area contributed by atoms with E-state index in [1.807, 2.05) is 18.7 Å². The number of thioether (sulfide) groups is 1. The van der Waals surface area contributed by atoms with E-state index < -0.39 is 0 Å². The third-order valence-electron chi connectivity index (χ3n) is 2.22. The van der Waals surface area contributed by atoms with Gasteiger partial charge in [0.15, 0.2) is 11.6 Å². The Morgan fingerprint density at radius 2 is 2.19 bits per heavy atom. The molecular formula is C12H18FNOS. The van der Waals surface area contributed by atoms with Crippen LogP contribution in [0.3, 0.4) is 0 Å². The van der Waals surface area contributed by atoms with Crippen LogP contribution in [0.15, 0.2) is 12.1 Å². The highest BCUT2D eigenvalue weighted by Crippen LogP contribution is 2.23. The fraction of sp³-hybridized carbons (Fsp3) is 0.500. The number of hydrogen-bond acceptors (Lipinski definition) is 3. The Balaban J connectivity index is 2.45. The van der Waals surface area contributed by atoms with Gasteiger partial charge in [0.25, 0.3) is 0 Å². The van der Waals surface area contributed by atoms with Crippen molar-refractivity contribution >= 4 is 17.4 Å². The standard InChI is InChI=1S/C12H18FNOS/c1-3-16-6-4-5-15-12-7-9(2)11(14)8-10(12)13/h7-8H,3-6,14H2,1-2H3.